The highest BCUT2D eigenvalue weighted by Gasteiger charge is 2.22. The Hall–Kier alpha value is 0.0249. The lowest BCUT2D eigenvalue weighted by Crippen LogP contribution is -2.21. The van der Waals surface area contributed by atoms with Gasteiger partial charge in [-0.2, -0.15) is 0 Å². The van der Waals surface area contributed by atoms with Crippen molar-refractivity contribution < 1.29 is 4.74 Å². The van der Waals surface area contributed by atoms with Gasteiger partial charge in [-0.25, -0.2) is 0 Å². The Labute approximate surface area is 85.5 Å². The molecule has 0 bridgehead atoms. The molecule has 0 amide bonds. The van der Waals surface area contributed by atoms with Crippen molar-refractivity contribution in [3.8, 4) is 0 Å². The van der Waals surface area contributed by atoms with Crippen LogP contribution in [0.5, 0.6) is 0 Å². The summed E-state index contributed by atoms with van der Waals surface area (Å²) >= 11 is 0. The Morgan fingerprint density at radius 2 is 1.54 bits per heavy atom. The molecule has 79 valence electrons. The first-order valence-electron chi connectivity index (χ1n) is 4.52. The second-order valence-corrected chi connectivity index (χ2v) is 4.48. The first-order chi connectivity index (χ1) is 5.08. The van der Waals surface area contributed by atoms with Gasteiger partial charge in [-0.05, 0) is 12.8 Å². The van der Waals surface area contributed by atoms with E-state index in [1.54, 1.807) is 0 Å². The zero-order valence-corrected chi connectivity index (χ0v) is 7.89. The molecule has 1 radical (unpaired) electrons. The Morgan fingerprint density at radius 3 is 1.92 bits per heavy atom. The second kappa shape index (κ2) is 6.47. The fourth-order valence-corrected chi connectivity index (χ4v) is 1.59. The van der Waals surface area contributed by atoms with E-state index in [0.29, 0.717) is 5.31 Å². The van der Waals surface area contributed by atoms with E-state index in [9.17, 15) is 0 Å². The molecular weight excluding hydrogens is 159 g/mol. The van der Waals surface area contributed by atoms with E-state index >= 15 is 0 Å². The molecule has 2 heteroatoms. The molecule has 1 rings (SSSR count). The summed E-state index contributed by atoms with van der Waals surface area (Å²) in [7, 11) is 2.47. The van der Waals surface area contributed by atoms with Crippen LogP contribution in [0.15, 0.2) is 0 Å². The van der Waals surface area contributed by atoms with E-state index < -0.39 is 0 Å². The molecule has 1 saturated heterocycles. The Morgan fingerprint density at radius 1 is 1.08 bits per heavy atom. The lowest BCUT2D eigenvalue weighted by Gasteiger charge is -2.27. The van der Waals surface area contributed by atoms with Crippen LogP contribution in [0.3, 0.4) is 0 Å². The van der Waals surface area contributed by atoms with Crippen molar-refractivity contribution in [2.24, 2.45) is 0 Å². The van der Waals surface area contributed by atoms with Gasteiger partial charge < -0.3 is 4.74 Å². The van der Waals surface area contributed by atoms with Crippen molar-refractivity contribution in [3.63, 3.8) is 0 Å². The molecule has 1 fully saturated rings. The molecule has 0 unspecified atom stereocenters. The van der Waals surface area contributed by atoms with E-state index in [1.165, 1.54) is 12.8 Å². The molecule has 1 heterocycles. The summed E-state index contributed by atoms with van der Waals surface area (Å²) in [6.45, 7) is 8.71. The number of rotatable bonds is 1. The third kappa shape index (κ3) is 7.12. The lowest BCUT2D eigenvalue weighted by molar-refractivity contribution is 0.0964. The maximum atomic E-state index is 5.29. The van der Waals surface area contributed by atoms with Crippen molar-refractivity contribution in [2.75, 3.05) is 13.2 Å². The van der Waals surface area contributed by atoms with Gasteiger partial charge in [0.25, 0.3) is 0 Å². The molecular formula is C11H26BO. The molecule has 0 aromatic carbocycles. The van der Waals surface area contributed by atoms with Gasteiger partial charge in [-0.3, -0.25) is 0 Å². The SMILES string of the molecule is C.C.CC(C)(C)[B]C1CCOCC1. The Balaban J connectivity index is 0. The van der Waals surface area contributed by atoms with Crippen molar-refractivity contribution in [1.82, 2.24) is 0 Å². The van der Waals surface area contributed by atoms with Crippen molar-refractivity contribution in [3.05, 3.63) is 0 Å². The minimum Gasteiger partial charge on any atom is -0.381 e. The summed E-state index contributed by atoms with van der Waals surface area (Å²) in [5, 5.41) is 0.377. The smallest absolute Gasteiger partial charge is 0.121 e. The third-order valence-electron chi connectivity index (χ3n) is 2.00. The summed E-state index contributed by atoms with van der Waals surface area (Å²) in [5.74, 6) is 0.795. The molecule has 1 aliphatic heterocycles. The molecule has 1 aliphatic rings. The van der Waals surface area contributed by atoms with Crippen LogP contribution in [-0.2, 0) is 4.74 Å². The van der Waals surface area contributed by atoms with Crippen LogP contribution in [-0.4, -0.2) is 20.5 Å². The van der Waals surface area contributed by atoms with Crippen LogP contribution in [0, 0.1) is 0 Å². The number of hydrogen-bond acceptors (Lipinski definition) is 1. The Kier molecular flexibility index (Phi) is 7.72. The predicted molar refractivity (Wildman–Crippen MR) is 62.7 cm³/mol. The zero-order valence-electron chi connectivity index (χ0n) is 7.89. The van der Waals surface area contributed by atoms with Crippen LogP contribution in [0.4, 0.5) is 0 Å². The highest BCUT2D eigenvalue weighted by molar-refractivity contribution is 6.41. The summed E-state index contributed by atoms with van der Waals surface area (Å²) in [5.41, 5.74) is 0. The topological polar surface area (TPSA) is 9.23 Å². The predicted octanol–water partition coefficient (Wildman–Crippen LogP) is 3.78. The van der Waals surface area contributed by atoms with Gasteiger partial charge in [0.2, 0.25) is 0 Å². The van der Waals surface area contributed by atoms with Crippen LogP contribution >= 0.6 is 0 Å². The normalized spacial score (nSPS) is 18.4. The molecule has 0 aliphatic carbocycles. The number of hydrogen-bond donors (Lipinski definition) is 0. The van der Waals surface area contributed by atoms with Gasteiger partial charge in [0.15, 0.2) is 0 Å². The first-order valence-corrected chi connectivity index (χ1v) is 4.52. The summed E-state index contributed by atoms with van der Waals surface area (Å²) in [4.78, 5) is 0. The first kappa shape index (κ1) is 15.5. The zero-order chi connectivity index (χ0) is 8.32. The van der Waals surface area contributed by atoms with Crippen molar-refractivity contribution in [1.29, 1.82) is 0 Å². The molecule has 0 atom stereocenters. The highest BCUT2D eigenvalue weighted by atomic mass is 16.5. The van der Waals surface area contributed by atoms with Gasteiger partial charge in [0.05, 0.1) is 0 Å². The third-order valence-corrected chi connectivity index (χ3v) is 2.00. The van der Waals surface area contributed by atoms with Gasteiger partial charge >= 0.3 is 0 Å². The van der Waals surface area contributed by atoms with E-state index in [-0.39, 0.29) is 14.9 Å². The van der Waals surface area contributed by atoms with E-state index in [0.717, 1.165) is 19.0 Å². The van der Waals surface area contributed by atoms with Gasteiger partial charge in [-0.15, -0.1) is 0 Å². The second-order valence-electron chi connectivity index (χ2n) is 4.48. The standard InChI is InChI=1S/C9H18BO.2CH4/c1-9(2,3)10-8-4-6-11-7-5-8;;/h8H,4-7H2,1-3H3;2*1H4. The molecule has 0 aromatic heterocycles. The quantitative estimate of drug-likeness (QED) is 0.565. The Bertz CT molecular complexity index is 112. The van der Waals surface area contributed by atoms with Crippen LogP contribution in [0.25, 0.3) is 0 Å². The van der Waals surface area contributed by atoms with Crippen LogP contribution in [0.2, 0.25) is 11.1 Å². The van der Waals surface area contributed by atoms with Crippen LogP contribution < -0.4 is 0 Å². The molecule has 0 N–H and O–H groups in total. The maximum Gasteiger partial charge on any atom is 0.121 e. The number of ether oxygens (including phenoxy) is 1. The lowest BCUT2D eigenvalue weighted by atomic mass is 9.46. The largest absolute Gasteiger partial charge is 0.381 e. The maximum absolute atomic E-state index is 5.29. The van der Waals surface area contributed by atoms with E-state index in [2.05, 4.69) is 28.1 Å². The monoisotopic (exact) mass is 185 g/mol. The summed E-state index contributed by atoms with van der Waals surface area (Å²) in [6.07, 6.45) is 2.44. The summed E-state index contributed by atoms with van der Waals surface area (Å²) in [6, 6.07) is 0. The van der Waals surface area contributed by atoms with Crippen molar-refractivity contribution in [2.45, 2.75) is 59.6 Å². The highest BCUT2D eigenvalue weighted by Crippen LogP contribution is 2.31. The summed E-state index contributed by atoms with van der Waals surface area (Å²) < 4.78 is 5.29. The van der Waals surface area contributed by atoms with Crippen LogP contribution in [0.1, 0.15) is 48.5 Å². The van der Waals surface area contributed by atoms with E-state index in [4.69, 9.17) is 4.74 Å². The molecule has 13 heavy (non-hydrogen) atoms. The van der Waals surface area contributed by atoms with Gasteiger partial charge in [-0.1, -0.05) is 46.8 Å². The van der Waals surface area contributed by atoms with E-state index in [1.807, 2.05) is 0 Å². The minimum atomic E-state index is 0. The molecule has 1 nitrogen and oxygen atoms in total. The fraction of sp³-hybridized carbons (Fsp3) is 1.00. The fourth-order valence-electron chi connectivity index (χ4n) is 1.59. The average molecular weight is 185 g/mol. The molecule has 0 saturated carbocycles. The molecule has 0 spiro atoms. The van der Waals surface area contributed by atoms with Gasteiger partial charge in [0, 0.05) is 13.2 Å². The van der Waals surface area contributed by atoms with Gasteiger partial charge in [0.1, 0.15) is 7.28 Å². The molecule has 0 aromatic rings. The van der Waals surface area contributed by atoms with Crippen molar-refractivity contribution >= 4 is 7.28 Å². The minimum absolute atomic E-state index is 0. The average Bonchev–Trinajstić information content (AvgIpc) is 1.85.